The smallest absolute Gasteiger partial charge is 0.255 e. The number of carbonyl (C=O) groups excluding carboxylic acids is 1. The van der Waals surface area contributed by atoms with E-state index >= 15 is 0 Å². The van der Waals surface area contributed by atoms with Crippen LogP contribution in [0.4, 0.5) is 10.1 Å². The molecule has 0 radical (unpaired) electrons. The molecule has 2 aromatic carbocycles. The van der Waals surface area contributed by atoms with Gasteiger partial charge in [-0.1, -0.05) is 41.9 Å². The van der Waals surface area contributed by atoms with E-state index in [-0.39, 0.29) is 11.6 Å². The number of hydrogen-bond acceptors (Lipinski definition) is 1. The molecule has 0 aliphatic rings. The summed E-state index contributed by atoms with van der Waals surface area (Å²) >= 11 is 3.18. The quantitative estimate of drug-likeness (QED) is 0.843. The van der Waals surface area contributed by atoms with Gasteiger partial charge in [-0.2, -0.15) is 0 Å². The minimum absolute atomic E-state index is 0.172. The van der Waals surface area contributed by atoms with Crippen molar-refractivity contribution in [3.63, 3.8) is 0 Å². The van der Waals surface area contributed by atoms with Gasteiger partial charge in [-0.25, -0.2) is 4.39 Å². The second-order valence-corrected chi connectivity index (χ2v) is 5.77. The van der Waals surface area contributed by atoms with Gasteiger partial charge in [-0.3, -0.25) is 4.79 Å². The van der Waals surface area contributed by atoms with E-state index in [2.05, 4.69) is 35.1 Å². The van der Waals surface area contributed by atoms with Gasteiger partial charge in [-0.15, -0.1) is 0 Å². The molecule has 4 heteroatoms. The second-order valence-electron chi connectivity index (χ2n) is 4.86. The average Bonchev–Trinajstić information content (AvgIpc) is 2.42. The van der Waals surface area contributed by atoms with Crippen LogP contribution in [0.2, 0.25) is 0 Å². The number of benzene rings is 2. The Morgan fingerprint density at radius 2 is 1.80 bits per heavy atom. The van der Waals surface area contributed by atoms with Crippen LogP contribution in [0.15, 0.2) is 46.9 Å². The molecular formula is C16H15BrFNO. The highest BCUT2D eigenvalue weighted by molar-refractivity contribution is 9.10. The molecule has 0 atom stereocenters. The Morgan fingerprint density at radius 1 is 1.15 bits per heavy atom. The third-order valence-electron chi connectivity index (χ3n) is 3.02. The molecule has 0 heterocycles. The largest absolute Gasteiger partial charge is 0.319 e. The maximum Gasteiger partial charge on any atom is 0.255 e. The van der Waals surface area contributed by atoms with Crippen molar-refractivity contribution in [3.8, 4) is 0 Å². The van der Waals surface area contributed by atoms with E-state index in [9.17, 15) is 9.18 Å². The molecule has 1 N–H and O–H groups in total. The summed E-state index contributed by atoms with van der Waals surface area (Å²) in [7, 11) is 0. The zero-order valence-corrected chi connectivity index (χ0v) is 12.9. The molecule has 2 rings (SSSR count). The van der Waals surface area contributed by atoms with Crippen LogP contribution in [0, 0.1) is 5.82 Å². The Bertz CT molecular complexity index is 623. The van der Waals surface area contributed by atoms with E-state index in [1.165, 1.54) is 12.1 Å². The minimum atomic E-state index is -0.466. The van der Waals surface area contributed by atoms with Crippen LogP contribution in [0.3, 0.4) is 0 Å². The first-order valence-corrected chi connectivity index (χ1v) is 7.13. The molecule has 0 aromatic heterocycles. The topological polar surface area (TPSA) is 29.1 Å². The highest BCUT2D eigenvalue weighted by Gasteiger charge is 2.10. The zero-order valence-electron chi connectivity index (χ0n) is 11.3. The van der Waals surface area contributed by atoms with Crippen molar-refractivity contribution >= 4 is 27.5 Å². The Balaban J connectivity index is 2.15. The summed E-state index contributed by atoms with van der Waals surface area (Å²) in [5, 5.41) is 2.57. The molecule has 0 spiro atoms. The lowest BCUT2D eigenvalue weighted by molar-refractivity contribution is 0.102. The fraction of sp³-hybridized carbons (Fsp3) is 0.188. The Labute approximate surface area is 126 Å². The molecule has 0 unspecified atom stereocenters. The number of halogens is 2. The molecule has 0 aliphatic carbocycles. The van der Waals surface area contributed by atoms with E-state index in [1.807, 2.05) is 12.1 Å². The SMILES string of the molecule is CC(C)c1ccc(C(=O)Nc2ccc(Br)cc2F)cc1. The third kappa shape index (κ3) is 3.45. The summed E-state index contributed by atoms with van der Waals surface area (Å²) in [5.41, 5.74) is 1.85. The van der Waals surface area contributed by atoms with Crippen molar-refractivity contribution in [1.29, 1.82) is 0 Å². The van der Waals surface area contributed by atoms with E-state index in [4.69, 9.17) is 0 Å². The normalized spacial score (nSPS) is 10.7. The molecular weight excluding hydrogens is 321 g/mol. The van der Waals surface area contributed by atoms with Crippen LogP contribution >= 0.6 is 15.9 Å². The summed E-state index contributed by atoms with van der Waals surface area (Å²) in [4.78, 5) is 12.0. The van der Waals surface area contributed by atoms with Gasteiger partial charge < -0.3 is 5.32 Å². The maximum absolute atomic E-state index is 13.7. The van der Waals surface area contributed by atoms with Crippen LogP contribution in [0.1, 0.15) is 35.7 Å². The summed E-state index contributed by atoms with van der Waals surface area (Å²) in [5.74, 6) is -0.371. The first-order valence-electron chi connectivity index (χ1n) is 6.33. The molecule has 0 aliphatic heterocycles. The van der Waals surface area contributed by atoms with Gasteiger partial charge in [0.25, 0.3) is 5.91 Å². The van der Waals surface area contributed by atoms with Gasteiger partial charge in [0.05, 0.1) is 5.69 Å². The number of carbonyl (C=O) groups is 1. The third-order valence-corrected chi connectivity index (χ3v) is 3.51. The van der Waals surface area contributed by atoms with Crippen molar-refractivity contribution in [2.45, 2.75) is 19.8 Å². The van der Waals surface area contributed by atoms with Gasteiger partial charge in [0.15, 0.2) is 0 Å². The number of amides is 1. The number of rotatable bonds is 3. The van der Waals surface area contributed by atoms with E-state index < -0.39 is 5.82 Å². The van der Waals surface area contributed by atoms with E-state index in [0.29, 0.717) is 16.0 Å². The van der Waals surface area contributed by atoms with Crippen molar-refractivity contribution in [2.24, 2.45) is 0 Å². The summed E-state index contributed by atoms with van der Waals surface area (Å²) in [6, 6.07) is 11.9. The second kappa shape index (κ2) is 6.18. The minimum Gasteiger partial charge on any atom is -0.319 e. The van der Waals surface area contributed by atoms with Crippen LogP contribution in [0.25, 0.3) is 0 Å². The lowest BCUT2D eigenvalue weighted by Gasteiger charge is -2.09. The number of hydrogen-bond donors (Lipinski definition) is 1. The van der Waals surface area contributed by atoms with Crippen molar-refractivity contribution < 1.29 is 9.18 Å². The van der Waals surface area contributed by atoms with Gasteiger partial charge in [0.2, 0.25) is 0 Å². The monoisotopic (exact) mass is 335 g/mol. The average molecular weight is 336 g/mol. The van der Waals surface area contributed by atoms with Crippen molar-refractivity contribution in [1.82, 2.24) is 0 Å². The Morgan fingerprint density at radius 3 is 2.35 bits per heavy atom. The molecule has 2 nitrogen and oxygen atoms in total. The standard InChI is InChI=1S/C16H15BrFNO/c1-10(2)11-3-5-12(6-4-11)16(20)19-15-8-7-13(17)9-14(15)18/h3-10H,1-2H3,(H,19,20). The van der Waals surface area contributed by atoms with Crippen molar-refractivity contribution in [2.75, 3.05) is 5.32 Å². The fourth-order valence-corrected chi connectivity index (χ4v) is 2.14. The lowest BCUT2D eigenvalue weighted by atomic mass is 10.0. The lowest BCUT2D eigenvalue weighted by Crippen LogP contribution is -2.13. The number of anilines is 1. The highest BCUT2D eigenvalue weighted by Crippen LogP contribution is 2.20. The summed E-state index contributed by atoms with van der Waals surface area (Å²) in [6.07, 6.45) is 0. The highest BCUT2D eigenvalue weighted by atomic mass is 79.9. The molecule has 0 bridgehead atoms. The predicted octanol–water partition coefficient (Wildman–Crippen LogP) is 4.96. The van der Waals surface area contributed by atoms with Crippen molar-refractivity contribution in [3.05, 3.63) is 63.9 Å². The maximum atomic E-state index is 13.7. The van der Waals surface area contributed by atoms with Gasteiger partial charge in [0.1, 0.15) is 5.82 Å². The fourth-order valence-electron chi connectivity index (χ4n) is 1.80. The molecule has 1 amide bonds. The molecule has 2 aromatic rings. The zero-order chi connectivity index (χ0) is 14.7. The molecule has 20 heavy (non-hydrogen) atoms. The first-order chi connectivity index (χ1) is 9.47. The molecule has 0 fully saturated rings. The predicted molar refractivity (Wildman–Crippen MR) is 82.6 cm³/mol. The van der Waals surface area contributed by atoms with Gasteiger partial charge in [0, 0.05) is 10.0 Å². The van der Waals surface area contributed by atoms with Crippen LogP contribution in [-0.2, 0) is 0 Å². The van der Waals surface area contributed by atoms with Gasteiger partial charge in [-0.05, 0) is 41.8 Å². The Hall–Kier alpha value is -1.68. The van der Waals surface area contributed by atoms with Crippen LogP contribution < -0.4 is 5.32 Å². The number of nitrogens with one attached hydrogen (secondary N) is 1. The van der Waals surface area contributed by atoms with E-state index in [0.717, 1.165) is 5.56 Å². The summed E-state index contributed by atoms with van der Waals surface area (Å²) < 4.78 is 14.3. The molecule has 104 valence electrons. The van der Waals surface area contributed by atoms with Crippen LogP contribution in [-0.4, -0.2) is 5.91 Å². The summed E-state index contributed by atoms with van der Waals surface area (Å²) in [6.45, 7) is 4.18. The van der Waals surface area contributed by atoms with E-state index in [1.54, 1.807) is 18.2 Å². The van der Waals surface area contributed by atoms with Gasteiger partial charge >= 0.3 is 0 Å². The molecule has 0 saturated carbocycles. The first kappa shape index (κ1) is 14.7. The Kier molecular flexibility index (Phi) is 4.55. The molecule has 0 saturated heterocycles. The van der Waals surface area contributed by atoms with Crippen LogP contribution in [0.5, 0.6) is 0 Å².